The van der Waals surface area contributed by atoms with Crippen molar-refractivity contribution < 1.29 is 9.59 Å². The minimum absolute atomic E-state index is 0.112. The van der Waals surface area contributed by atoms with Crippen LogP contribution >= 0.6 is 0 Å². The second-order valence-corrected chi connectivity index (χ2v) is 7.18. The standard InChI is InChI=1S/C19H22N4O2/c1-12-7-5-6-10-19(12)17(24)23(18(25)22-19)11-16-13(2)20-14-8-3-4-9-15(14)21-16/h3-4,8-9,12H,5-7,10-11H2,1-2H3,(H,22,25)/t12-,19+/m1/s1. The third-order valence-corrected chi connectivity index (χ3v) is 5.65. The van der Waals surface area contributed by atoms with E-state index in [9.17, 15) is 9.59 Å². The summed E-state index contributed by atoms with van der Waals surface area (Å²) in [6.07, 6.45) is 3.77. The van der Waals surface area contributed by atoms with Gasteiger partial charge in [-0.2, -0.15) is 0 Å². The Labute approximate surface area is 146 Å². The number of urea groups is 1. The van der Waals surface area contributed by atoms with Gasteiger partial charge in [0.1, 0.15) is 5.54 Å². The van der Waals surface area contributed by atoms with Gasteiger partial charge in [-0.15, -0.1) is 0 Å². The van der Waals surface area contributed by atoms with Crippen LogP contribution < -0.4 is 5.32 Å². The van der Waals surface area contributed by atoms with Gasteiger partial charge in [0.15, 0.2) is 0 Å². The smallest absolute Gasteiger partial charge is 0.323 e. The van der Waals surface area contributed by atoms with Gasteiger partial charge in [-0.1, -0.05) is 31.9 Å². The monoisotopic (exact) mass is 338 g/mol. The Morgan fingerprint density at radius 3 is 2.64 bits per heavy atom. The van der Waals surface area contributed by atoms with Crippen LogP contribution in [0.25, 0.3) is 11.0 Å². The molecule has 1 aliphatic heterocycles. The molecular formula is C19H22N4O2. The van der Waals surface area contributed by atoms with Crippen molar-refractivity contribution in [2.24, 2.45) is 5.92 Å². The average Bonchev–Trinajstić information content (AvgIpc) is 2.83. The molecule has 0 unspecified atom stereocenters. The number of rotatable bonds is 2. The van der Waals surface area contributed by atoms with Crippen molar-refractivity contribution in [2.45, 2.75) is 51.6 Å². The molecule has 2 aromatic rings. The number of aromatic nitrogens is 2. The van der Waals surface area contributed by atoms with E-state index in [1.165, 1.54) is 4.90 Å². The number of fused-ring (bicyclic) bond motifs is 1. The summed E-state index contributed by atoms with van der Waals surface area (Å²) in [7, 11) is 0. The Hall–Kier alpha value is -2.50. The van der Waals surface area contributed by atoms with Gasteiger partial charge in [-0.25, -0.2) is 14.8 Å². The van der Waals surface area contributed by atoms with E-state index in [-0.39, 0.29) is 24.4 Å². The average molecular weight is 338 g/mol. The quantitative estimate of drug-likeness (QED) is 0.854. The zero-order valence-corrected chi connectivity index (χ0v) is 14.6. The van der Waals surface area contributed by atoms with Gasteiger partial charge in [-0.05, 0) is 37.8 Å². The molecule has 0 radical (unpaired) electrons. The summed E-state index contributed by atoms with van der Waals surface area (Å²) in [5.74, 6) is 0.0468. The Morgan fingerprint density at radius 2 is 1.92 bits per heavy atom. The largest absolute Gasteiger partial charge is 0.325 e. The molecule has 2 aliphatic rings. The molecule has 1 saturated carbocycles. The van der Waals surface area contributed by atoms with Crippen LogP contribution in [0.3, 0.4) is 0 Å². The molecule has 1 aromatic carbocycles. The maximum Gasteiger partial charge on any atom is 0.325 e. The summed E-state index contributed by atoms with van der Waals surface area (Å²) in [4.78, 5) is 36.1. The maximum absolute atomic E-state index is 13.1. The molecule has 2 heterocycles. The lowest BCUT2D eigenvalue weighted by Crippen LogP contribution is -2.53. The molecule has 2 atom stereocenters. The Morgan fingerprint density at radius 1 is 1.20 bits per heavy atom. The van der Waals surface area contributed by atoms with Gasteiger partial charge in [0, 0.05) is 0 Å². The van der Waals surface area contributed by atoms with E-state index in [1.54, 1.807) is 0 Å². The number of nitrogens with one attached hydrogen (secondary N) is 1. The second kappa shape index (κ2) is 5.79. The van der Waals surface area contributed by atoms with Crippen LogP contribution in [0.5, 0.6) is 0 Å². The number of aryl methyl sites for hydroxylation is 1. The number of nitrogens with zero attached hydrogens (tertiary/aromatic N) is 3. The van der Waals surface area contributed by atoms with E-state index in [2.05, 4.69) is 22.2 Å². The maximum atomic E-state index is 13.1. The van der Waals surface area contributed by atoms with Gasteiger partial charge >= 0.3 is 6.03 Å². The number of hydrogen-bond donors (Lipinski definition) is 1. The highest BCUT2D eigenvalue weighted by atomic mass is 16.2. The first-order valence-electron chi connectivity index (χ1n) is 8.87. The predicted octanol–water partition coefficient (Wildman–Crippen LogP) is 2.94. The SMILES string of the molecule is Cc1nc2ccccc2nc1CN1C(=O)N[C@]2(CCCC[C@H]2C)C1=O. The molecule has 1 N–H and O–H groups in total. The Kier molecular flexibility index (Phi) is 3.71. The zero-order valence-electron chi connectivity index (χ0n) is 14.6. The van der Waals surface area contributed by atoms with Crippen molar-refractivity contribution in [3.63, 3.8) is 0 Å². The number of imide groups is 1. The van der Waals surface area contributed by atoms with E-state index in [1.807, 2.05) is 31.2 Å². The lowest BCUT2D eigenvalue weighted by atomic mass is 9.73. The van der Waals surface area contributed by atoms with Gasteiger partial charge in [-0.3, -0.25) is 9.69 Å². The molecule has 4 rings (SSSR count). The van der Waals surface area contributed by atoms with Crippen molar-refractivity contribution in [2.75, 3.05) is 0 Å². The van der Waals surface area contributed by atoms with Crippen molar-refractivity contribution in [1.29, 1.82) is 0 Å². The molecule has 6 heteroatoms. The third kappa shape index (κ3) is 2.47. The fraction of sp³-hybridized carbons (Fsp3) is 0.474. The van der Waals surface area contributed by atoms with Crippen LogP contribution in [0.4, 0.5) is 4.79 Å². The molecule has 3 amide bonds. The van der Waals surface area contributed by atoms with Gasteiger partial charge in [0.2, 0.25) is 0 Å². The normalized spacial score (nSPS) is 26.5. The minimum atomic E-state index is -0.729. The summed E-state index contributed by atoms with van der Waals surface area (Å²) in [5, 5.41) is 2.99. The van der Waals surface area contributed by atoms with Gasteiger partial charge < -0.3 is 5.32 Å². The first-order chi connectivity index (χ1) is 12.0. The van der Waals surface area contributed by atoms with E-state index in [0.717, 1.165) is 42.4 Å². The lowest BCUT2D eigenvalue weighted by Gasteiger charge is -2.36. The number of hydrogen-bond acceptors (Lipinski definition) is 4. The van der Waals surface area contributed by atoms with Crippen LogP contribution in [0.15, 0.2) is 24.3 Å². The molecule has 25 heavy (non-hydrogen) atoms. The molecule has 1 spiro atoms. The second-order valence-electron chi connectivity index (χ2n) is 7.18. The first kappa shape index (κ1) is 16.0. The third-order valence-electron chi connectivity index (χ3n) is 5.65. The summed E-state index contributed by atoms with van der Waals surface area (Å²) < 4.78 is 0. The number of para-hydroxylation sites is 2. The van der Waals surface area contributed by atoms with Gasteiger partial charge in [0.05, 0.1) is 29.0 Å². The van der Waals surface area contributed by atoms with Crippen LogP contribution in [0.1, 0.15) is 44.0 Å². The number of benzene rings is 1. The topological polar surface area (TPSA) is 75.2 Å². The van der Waals surface area contributed by atoms with E-state index in [0.29, 0.717) is 5.69 Å². The van der Waals surface area contributed by atoms with Crippen LogP contribution in [-0.2, 0) is 11.3 Å². The molecule has 0 bridgehead atoms. The Balaban J connectivity index is 1.66. The molecule has 130 valence electrons. The summed E-state index contributed by atoms with van der Waals surface area (Å²) in [6, 6.07) is 7.31. The first-order valence-corrected chi connectivity index (χ1v) is 8.87. The Bertz CT molecular complexity index is 866. The van der Waals surface area contributed by atoms with Crippen molar-refractivity contribution in [1.82, 2.24) is 20.2 Å². The molecular weight excluding hydrogens is 316 g/mol. The van der Waals surface area contributed by atoms with Crippen molar-refractivity contribution in [3.05, 3.63) is 35.7 Å². The molecule has 1 aromatic heterocycles. The number of carbonyl (C=O) groups is 2. The number of amides is 3. The van der Waals surface area contributed by atoms with Crippen molar-refractivity contribution in [3.8, 4) is 0 Å². The van der Waals surface area contributed by atoms with Crippen LogP contribution in [0, 0.1) is 12.8 Å². The van der Waals surface area contributed by atoms with E-state index >= 15 is 0 Å². The highest BCUT2D eigenvalue weighted by Gasteiger charge is 2.54. The molecule has 6 nitrogen and oxygen atoms in total. The lowest BCUT2D eigenvalue weighted by molar-refractivity contribution is -0.134. The van der Waals surface area contributed by atoms with Gasteiger partial charge in [0.25, 0.3) is 5.91 Å². The fourth-order valence-corrected chi connectivity index (χ4v) is 4.06. The summed E-state index contributed by atoms with van der Waals surface area (Å²) in [6.45, 7) is 4.09. The van der Waals surface area contributed by atoms with Crippen LogP contribution in [0.2, 0.25) is 0 Å². The highest BCUT2D eigenvalue weighted by Crippen LogP contribution is 2.38. The summed E-state index contributed by atoms with van der Waals surface area (Å²) >= 11 is 0. The van der Waals surface area contributed by atoms with Crippen molar-refractivity contribution >= 4 is 23.0 Å². The minimum Gasteiger partial charge on any atom is -0.323 e. The molecule has 1 saturated heterocycles. The van der Waals surface area contributed by atoms with Crippen LogP contribution in [-0.4, -0.2) is 32.3 Å². The summed E-state index contributed by atoms with van der Waals surface area (Å²) in [5.41, 5.74) is 2.28. The zero-order chi connectivity index (χ0) is 17.6. The molecule has 2 fully saturated rings. The number of carbonyl (C=O) groups excluding carboxylic acids is 2. The fourth-order valence-electron chi connectivity index (χ4n) is 4.06. The van der Waals surface area contributed by atoms with E-state index < -0.39 is 5.54 Å². The van der Waals surface area contributed by atoms with E-state index in [4.69, 9.17) is 0 Å². The molecule has 1 aliphatic carbocycles. The highest BCUT2D eigenvalue weighted by molar-refractivity contribution is 6.07. The predicted molar refractivity (Wildman–Crippen MR) is 93.7 cm³/mol.